The van der Waals surface area contributed by atoms with E-state index in [1.165, 1.54) is 10.6 Å². The minimum atomic E-state index is -0.640. The fraction of sp³-hybridized carbons (Fsp3) is 0.286. The lowest BCUT2D eigenvalue weighted by atomic mass is 9.83. The third-order valence-corrected chi connectivity index (χ3v) is 5.95. The van der Waals surface area contributed by atoms with Gasteiger partial charge in [-0.3, -0.25) is 24.8 Å². The second-order valence-corrected chi connectivity index (χ2v) is 7.86. The van der Waals surface area contributed by atoms with Gasteiger partial charge < -0.3 is 9.47 Å². The molecule has 1 N–H and O–H groups in total. The number of carbonyl (C=O) groups is 1. The fourth-order valence-electron chi connectivity index (χ4n) is 4.60. The van der Waals surface area contributed by atoms with Crippen LogP contribution in [0, 0.1) is 16.0 Å². The number of aromatic amines is 1. The van der Waals surface area contributed by atoms with Crippen LogP contribution in [0.2, 0.25) is 0 Å². The van der Waals surface area contributed by atoms with Crippen LogP contribution in [-0.2, 0) is 6.54 Å². The zero-order chi connectivity index (χ0) is 20.8. The molecule has 0 radical (unpaired) electrons. The molecule has 9 nitrogen and oxygen atoms in total. The van der Waals surface area contributed by atoms with E-state index in [1.807, 2.05) is 30.3 Å². The predicted octanol–water partition coefficient (Wildman–Crippen LogP) is 2.41. The Bertz CT molecular complexity index is 1200. The van der Waals surface area contributed by atoms with E-state index in [0.29, 0.717) is 31.0 Å². The summed E-state index contributed by atoms with van der Waals surface area (Å²) in [6.07, 6.45) is 0.860. The van der Waals surface area contributed by atoms with Crippen molar-refractivity contribution in [1.29, 1.82) is 0 Å². The van der Waals surface area contributed by atoms with Gasteiger partial charge in [0, 0.05) is 42.9 Å². The molecule has 1 amide bonds. The molecule has 4 heterocycles. The first-order chi connectivity index (χ1) is 14.5. The molecule has 1 fully saturated rings. The van der Waals surface area contributed by atoms with Crippen LogP contribution >= 0.6 is 0 Å². The normalized spacial score (nSPS) is 19.9. The van der Waals surface area contributed by atoms with Gasteiger partial charge in [-0.25, -0.2) is 0 Å². The second-order valence-electron chi connectivity index (χ2n) is 7.86. The molecule has 2 aliphatic heterocycles. The summed E-state index contributed by atoms with van der Waals surface area (Å²) in [7, 11) is 0. The van der Waals surface area contributed by atoms with Crippen LogP contribution < -0.4 is 5.56 Å². The summed E-state index contributed by atoms with van der Waals surface area (Å²) in [5.74, 6) is -0.0695. The van der Waals surface area contributed by atoms with E-state index < -0.39 is 16.2 Å². The number of hydrogen-bond donors (Lipinski definition) is 1. The first-order valence-corrected chi connectivity index (χ1v) is 9.79. The van der Waals surface area contributed by atoms with Crippen LogP contribution in [0.15, 0.2) is 53.3 Å². The van der Waals surface area contributed by atoms with Gasteiger partial charge in [0.15, 0.2) is 0 Å². The van der Waals surface area contributed by atoms with Gasteiger partial charge in [-0.2, -0.15) is 5.10 Å². The number of nitrogens with zero attached hydrogens (tertiary/aromatic N) is 4. The second kappa shape index (κ2) is 6.94. The highest BCUT2D eigenvalue weighted by atomic mass is 16.6. The monoisotopic (exact) mass is 405 g/mol. The van der Waals surface area contributed by atoms with E-state index in [2.05, 4.69) is 10.2 Å². The van der Waals surface area contributed by atoms with Gasteiger partial charge in [-0.15, -0.1) is 0 Å². The lowest BCUT2D eigenvalue weighted by Gasteiger charge is -2.42. The highest BCUT2D eigenvalue weighted by Gasteiger charge is 2.38. The van der Waals surface area contributed by atoms with E-state index in [-0.39, 0.29) is 17.7 Å². The topological polar surface area (TPSA) is 114 Å². The molecular formula is C21H19N5O4. The average Bonchev–Trinajstić information content (AvgIpc) is 3.24. The number of aromatic nitrogens is 3. The van der Waals surface area contributed by atoms with Gasteiger partial charge in [0.05, 0.1) is 10.6 Å². The average molecular weight is 405 g/mol. The number of nitro groups is 1. The Labute approximate surface area is 171 Å². The number of carbonyl (C=O) groups excluding carboxylic acids is 1. The van der Waals surface area contributed by atoms with Gasteiger partial charge in [0.1, 0.15) is 5.69 Å². The van der Waals surface area contributed by atoms with Crippen molar-refractivity contribution in [3.8, 4) is 11.3 Å². The first-order valence-electron chi connectivity index (χ1n) is 9.79. The van der Waals surface area contributed by atoms with E-state index in [0.717, 1.165) is 17.7 Å². The Morgan fingerprint density at radius 2 is 1.93 bits per heavy atom. The standard InChI is InChI=1S/C21H19N5O4/c27-20(17-9-16(22-23-17)14-4-2-1-3-5-14)24-10-13-8-15(12-24)18-6-7-19(26(29)30)21(28)25(18)11-13/h1-7,9,13,15H,8,10-12H2,(H,22,23). The third kappa shape index (κ3) is 2.99. The van der Waals surface area contributed by atoms with Crippen molar-refractivity contribution in [3.05, 3.63) is 80.4 Å². The molecule has 1 saturated heterocycles. The van der Waals surface area contributed by atoms with Crippen LogP contribution in [-0.4, -0.2) is 43.6 Å². The molecule has 2 aliphatic rings. The largest absolute Gasteiger partial charge is 0.336 e. The van der Waals surface area contributed by atoms with Crippen molar-refractivity contribution in [1.82, 2.24) is 19.7 Å². The quantitative estimate of drug-likeness (QED) is 0.531. The number of benzene rings is 1. The van der Waals surface area contributed by atoms with Crippen molar-refractivity contribution < 1.29 is 9.72 Å². The number of rotatable bonds is 3. The van der Waals surface area contributed by atoms with Crippen LogP contribution in [0.1, 0.15) is 28.5 Å². The van der Waals surface area contributed by atoms with E-state index >= 15 is 0 Å². The molecule has 0 saturated carbocycles. The number of nitrogens with one attached hydrogen (secondary N) is 1. The van der Waals surface area contributed by atoms with E-state index in [4.69, 9.17) is 0 Å². The molecular weight excluding hydrogens is 386 g/mol. The zero-order valence-corrected chi connectivity index (χ0v) is 16.0. The SMILES string of the molecule is O=C(c1cc(-c2ccccc2)n[nH]1)N1CC2CC(C1)c1ccc([N+](=O)[O-])c(=O)n1C2. The maximum atomic E-state index is 13.1. The van der Waals surface area contributed by atoms with Crippen LogP contribution in [0.3, 0.4) is 0 Å². The van der Waals surface area contributed by atoms with Gasteiger partial charge >= 0.3 is 11.2 Å². The summed E-state index contributed by atoms with van der Waals surface area (Å²) in [4.78, 5) is 37.8. The molecule has 152 valence electrons. The molecule has 30 heavy (non-hydrogen) atoms. The molecule has 1 aromatic carbocycles. The molecule has 2 unspecified atom stereocenters. The molecule has 2 atom stereocenters. The molecule has 0 aliphatic carbocycles. The summed E-state index contributed by atoms with van der Waals surface area (Å²) in [6.45, 7) is 1.35. The lowest BCUT2D eigenvalue weighted by Crippen LogP contribution is -2.49. The maximum Gasteiger partial charge on any atom is 0.334 e. The Morgan fingerprint density at radius 3 is 2.70 bits per heavy atom. The first kappa shape index (κ1) is 18.3. The molecule has 9 heteroatoms. The van der Waals surface area contributed by atoms with Crippen LogP contribution in [0.25, 0.3) is 11.3 Å². The predicted molar refractivity (Wildman–Crippen MR) is 108 cm³/mol. The summed E-state index contributed by atoms with van der Waals surface area (Å²) in [6, 6.07) is 14.3. The van der Waals surface area contributed by atoms with Crippen LogP contribution in [0.5, 0.6) is 0 Å². The highest BCUT2D eigenvalue weighted by Crippen LogP contribution is 2.36. The number of pyridine rings is 1. The minimum absolute atomic E-state index is 0.0218. The number of likely N-dealkylation sites (tertiary alicyclic amines) is 1. The summed E-state index contributed by atoms with van der Waals surface area (Å²) in [5, 5.41) is 18.2. The van der Waals surface area contributed by atoms with Crippen molar-refractivity contribution >= 4 is 11.6 Å². The number of hydrogen-bond acceptors (Lipinski definition) is 5. The Morgan fingerprint density at radius 1 is 1.13 bits per heavy atom. The van der Waals surface area contributed by atoms with Crippen molar-refractivity contribution in [2.45, 2.75) is 18.9 Å². The third-order valence-electron chi connectivity index (χ3n) is 5.95. The van der Waals surface area contributed by atoms with Crippen molar-refractivity contribution in [2.75, 3.05) is 13.1 Å². The smallest absolute Gasteiger partial charge is 0.334 e. The zero-order valence-electron chi connectivity index (χ0n) is 16.0. The fourth-order valence-corrected chi connectivity index (χ4v) is 4.60. The van der Waals surface area contributed by atoms with E-state index in [9.17, 15) is 19.7 Å². The number of piperidine rings is 1. The van der Waals surface area contributed by atoms with Crippen molar-refractivity contribution in [2.24, 2.45) is 5.92 Å². The lowest BCUT2D eigenvalue weighted by molar-refractivity contribution is -0.386. The molecule has 5 rings (SSSR count). The highest BCUT2D eigenvalue weighted by molar-refractivity contribution is 5.93. The van der Waals surface area contributed by atoms with Crippen LogP contribution in [0.4, 0.5) is 5.69 Å². The molecule has 3 aromatic rings. The minimum Gasteiger partial charge on any atom is -0.336 e. The molecule has 0 spiro atoms. The summed E-state index contributed by atoms with van der Waals surface area (Å²) in [5.41, 5.74) is 1.85. The van der Waals surface area contributed by atoms with Gasteiger partial charge in [-0.1, -0.05) is 30.3 Å². The maximum absolute atomic E-state index is 13.1. The Kier molecular flexibility index (Phi) is 4.23. The van der Waals surface area contributed by atoms with Gasteiger partial charge in [0.2, 0.25) is 0 Å². The summed E-state index contributed by atoms with van der Waals surface area (Å²) >= 11 is 0. The number of fused-ring (bicyclic) bond motifs is 4. The Hall–Kier alpha value is -3.75. The Balaban J connectivity index is 1.40. The van der Waals surface area contributed by atoms with Gasteiger partial charge in [0.25, 0.3) is 5.91 Å². The summed E-state index contributed by atoms with van der Waals surface area (Å²) < 4.78 is 1.52. The number of H-pyrrole nitrogens is 1. The molecule has 2 bridgehead atoms. The van der Waals surface area contributed by atoms with Gasteiger partial charge in [-0.05, 0) is 24.5 Å². The number of amides is 1. The van der Waals surface area contributed by atoms with Crippen molar-refractivity contribution in [3.63, 3.8) is 0 Å². The van der Waals surface area contributed by atoms with E-state index in [1.54, 1.807) is 17.0 Å². The molecule has 2 aromatic heterocycles.